The molecule has 134 valence electrons. The molecule has 2 aromatic rings. The third kappa shape index (κ3) is 6.78. The number of rotatable bonds is 12. The second kappa shape index (κ2) is 11.5. The molecule has 0 heterocycles. The number of ether oxygens (including phenoxy) is 1. The highest BCUT2D eigenvalue weighted by molar-refractivity contribution is 5.75. The van der Waals surface area contributed by atoms with Gasteiger partial charge in [0.2, 0.25) is 0 Å². The fourth-order valence-electron chi connectivity index (χ4n) is 3.12. The Kier molecular flexibility index (Phi) is 8.90. The first kappa shape index (κ1) is 19.3. The second-order valence-corrected chi connectivity index (χ2v) is 6.64. The minimum atomic E-state index is 0.807. The molecule has 0 atom stereocenters. The minimum absolute atomic E-state index is 0.807. The zero-order chi connectivity index (χ0) is 17.7. The van der Waals surface area contributed by atoms with Crippen molar-refractivity contribution in [2.45, 2.75) is 58.3 Å². The maximum atomic E-state index is 5.96. The van der Waals surface area contributed by atoms with Gasteiger partial charge in [-0.05, 0) is 35.2 Å². The van der Waals surface area contributed by atoms with Gasteiger partial charge in [-0.3, -0.25) is 0 Å². The molecule has 2 rings (SSSR count). The predicted molar refractivity (Wildman–Crippen MR) is 110 cm³/mol. The standard InChI is InChI=1S/C24H32O/c1-3-5-6-7-8-9-10-13-19-25-23-17-14-16-22(20-23)24-18-12-11-15-21(24)4-2/h4,11-12,14-18,20H,2-3,5-10,13,19H2,1H3. The molecule has 0 saturated heterocycles. The summed E-state index contributed by atoms with van der Waals surface area (Å²) < 4.78 is 5.96. The Morgan fingerprint density at radius 3 is 2.32 bits per heavy atom. The monoisotopic (exact) mass is 336 g/mol. The Labute approximate surface area is 153 Å². The van der Waals surface area contributed by atoms with Crippen molar-refractivity contribution in [2.24, 2.45) is 0 Å². The van der Waals surface area contributed by atoms with Crippen molar-refractivity contribution in [3.05, 3.63) is 60.7 Å². The lowest BCUT2D eigenvalue weighted by Gasteiger charge is -2.10. The second-order valence-electron chi connectivity index (χ2n) is 6.64. The topological polar surface area (TPSA) is 9.23 Å². The summed E-state index contributed by atoms with van der Waals surface area (Å²) in [6.45, 7) is 6.98. The van der Waals surface area contributed by atoms with Gasteiger partial charge in [-0.15, -0.1) is 0 Å². The molecule has 0 fully saturated rings. The first-order chi connectivity index (χ1) is 12.3. The van der Waals surface area contributed by atoms with E-state index in [0.29, 0.717) is 0 Å². The molecule has 1 nitrogen and oxygen atoms in total. The van der Waals surface area contributed by atoms with E-state index in [1.165, 1.54) is 56.1 Å². The zero-order valence-electron chi connectivity index (χ0n) is 15.7. The van der Waals surface area contributed by atoms with Gasteiger partial charge in [0.25, 0.3) is 0 Å². The quantitative estimate of drug-likeness (QED) is 0.364. The summed E-state index contributed by atoms with van der Waals surface area (Å²) in [4.78, 5) is 0. The van der Waals surface area contributed by atoms with Crippen LogP contribution < -0.4 is 4.74 Å². The number of unbranched alkanes of at least 4 members (excludes halogenated alkanes) is 7. The van der Waals surface area contributed by atoms with Crippen LogP contribution in [0.4, 0.5) is 0 Å². The van der Waals surface area contributed by atoms with Crippen LogP contribution in [0.15, 0.2) is 55.1 Å². The van der Waals surface area contributed by atoms with Crippen molar-refractivity contribution < 1.29 is 4.74 Å². The first-order valence-electron chi connectivity index (χ1n) is 9.80. The van der Waals surface area contributed by atoms with Gasteiger partial charge in [0.15, 0.2) is 0 Å². The van der Waals surface area contributed by atoms with Crippen molar-refractivity contribution in [3.8, 4) is 16.9 Å². The van der Waals surface area contributed by atoms with Crippen molar-refractivity contribution in [2.75, 3.05) is 6.61 Å². The summed E-state index contributed by atoms with van der Waals surface area (Å²) in [5.41, 5.74) is 3.54. The van der Waals surface area contributed by atoms with Gasteiger partial charge in [0, 0.05) is 0 Å². The van der Waals surface area contributed by atoms with Gasteiger partial charge in [0.05, 0.1) is 6.61 Å². The average molecular weight is 337 g/mol. The molecule has 0 radical (unpaired) electrons. The van der Waals surface area contributed by atoms with Gasteiger partial charge in [0.1, 0.15) is 5.75 Å². The summed E-state index contributed by atoms with van der Waals surface area (Å²) in [6.07, 6.45) is 12.5. The molecule has 0 unspecified atom stereocenters. The van der Waals surface area contributed by atoms with Gasteiger partial charge in [-0.1, -0.05) is 101 Å². The van der Waals surface area contributed by atoms with Crippen LogP contribution in [0.5, 0.6) is 5.75 Å². The SMILES string of the molecule is C=Cc1ccccc1-c1cccc(OCCCCCCCCCC)c1. The molecule has 0 aliphatic carbocycles. The predicted octanol–water partition coefficient (Wildman–Crippen LogP) is 7.52. The van der Waals surface area contributed by atoms with Crippen LogP contribution in [-0.4, -0.2) is 6.61 Å². The smallest absolute Gasteiger partial charge is 0.119 e. The van der Waals surface area contributed by atoms with Crippen LogP contribution >= 0.6 is 0 Å². The Balaban J connectivity index is 1.76. The van der Waals surface area contributed by atoms with Crippen LogP contribution in [0.3, 0.4) is 0 Å². The van der Waals surface area contributed by atoms with E-state index < -0.39 is 0 Å². The lowest BCUT2D eigenvalue weighted by atomic mass is 10.00. The van der Waals surface area contributed by atoms with Crippen molar-refractivity contribution in [1.82, 2.24) is 0 Å². The fourth-order valence-corrected chi connectivity index (χ4v) is 3.12. The van der Waals surface area contributed by atoms with Gasteiger partial charge < -0.3 is 4.74 Å². The molecular weight excluding hydrogens is 304 g/mol. The van der Waals surface area contributed by atoms with Crippen LogP contribution in [-0.2, 0) is 0 Å². The molecule has 0 N–H and O–H groups in total. The molecule has 0 aliphatic rings. The molecule has 25 heavy (non-hydrogen) atoms. The lowest BCUT2D eigenvalue weighted by molar-refractivity contribution is 0.304. The highest BCUT2D eigenvalue weighted by atomic mass is 16.5. The number of hydrogen-bond acceptors (Lipinski definition) is 1. The third-order valence-electron chi connectivity index (χ3n) is 4.59. The zero-order valence-corrected chi connectivity index (χ0v) is 15.7. The van der Waals surface area contributed by atoms with E-state index in [2.05, 4.69) is 49.9 Å². The van der Waals surface area contributed by atoms with E-state index >= 15 is 0 Å². The Hall–Kier alpha value is -2.02. The van der Waals surface area contributed by atoms with Crippen LogP contribution in [0, 0.1) is 0 Å². The van der Waals surface area contributed by atoms with E-state index in [9.17, 15) is 0 Å². The molecule has 2 aromatic carbocycles. The summed E-state index contributed by atoms with van der Waals surface area (Å²) in [6, 6.07) is 16.7. The van der Waals surface area contributed by atoms with E-state index in [1.54, 1.807) is 0 Å². The van der Waals surface area contributed by atoms with Crippen LogP contribution in [0.25, 0.3) is 17.2 Å². The third-order valence-corrected chi connectivity index (χ3v) is 4.59. The molecule has 0 amide bonds. The summed E-state index contributed by atoms with van der Waals surface area (Å²) in [5.74, 6) is 0.958. The van der Waals surface area contributed by atoms with Crippen molar-refractivity contribution >= 4 is 6.08 Å². The van der Waals surface area contributed by atoms with E-state index in [1.807, 2.05) is 18.2 Å². The van der Waals surface area contributed by atoms with Crippen molar-refractivity contribution in [3.63, 3.8) is 0 Å². The van der Waals surface area contributed by atoms with Crippen molar-refractivity contribution in [1.29, 1.82) is 0 Å². The van der Waals surface area contributed by atoms with Gasteiger partial charge >= 0.3 is 0 Å². The Morgan fingerprint density at radius 2 is 1.56 bits per heavy atom. The first-order valence-corrected chi connectivity index (χ1v) is 9.80. The summed E-state index contributed by atoms with van der Waals surface area (Å²) in [5, 5.41) is 0. The molecule has 0 bridgehead atoms. The maximum Gasteiger partial charge on any atom is 0.119 e. The van der Waals surface area contributed by atoms with E-state index in [0.717, 1.165) is 24.3 Å². The highest BCUT2D eigenvalue weighted by Crippen LogP contribution is 2.27. The number of hydrogen-bond donors (Lipinski definition) is 0. The average Bonchev–Trinajstić information content (AvgIpc) is 2.67. The van der Waals surface area contributed by atoms with Crippen LogP contribution in [0.1, 0.15) is 63.9 Å². The normalized spacial score (nSPS) is 10.6. The molecule has 1 heteroatoms. The van der Waals surface area contributed by atoms with Gasteiger partial charge in [-0.25, -0.2) is 0 Å². The van der Waals surface area contributed by atoms with E-state index in [-0.39, 0.29) is 0 Å². The molecule has 0 aliphatic heterocycles. The fraction of sp³-hybridized carbons (Fsp3) is 0.417. The Bertz CT molecular complexity index is 629. The molecular formula is C24H32O. The summed E-state index contributed by atoms with van der Waals surface area (Å²) >= 11 is 0. The number of benzene rings is 2. The molecule has 0 aromatic heterocycles. The molecule has 0 spiro atoms. The molecule has 0 saturated carbocycles. The summed E-state index contributed by atoms with van der Waals surface area (Å²) in [7, 11) is 0. The van der Waals surface area contributed by atoms with Gasteiger partial charge in [-0.2, -0.15) is 0 Å². The maximum absolute atomic E-state index is 5.96. The minimum Gasteiger partial charge on any atom is -0.494 e. The Morgan fingerprint density at radius 1 is 0.840 bits per heavy atom. The largest absolute Gasteiger partial charge is 0.494 e. The highest BCUT2D eigenvalue weighted by Gasteiger charge is 2.03. The van der Waals surface area contributed by atoms with E-state index in [4.69, 9.17) is 4.74 Å². The lowest BCUT2D eigenvalue weighted by Crippen LogP contribution is -1.97. The van der Waals surface area contributed by atoms with Crippen LogP contribution in [0.2, 0.25) is 0 Å².